The predicted octanol–water partition coefficient (Wildman–Crippen LogP) is 5.18. The van der Waals surface area contributed by atoms with E-state index in [1.54, 1.807) is 80.6 Å². The van der Waals surface area contributed by atoms with Gasteiger partial charge in [-0.2, -0.15) is 0 Å². The van der Waals surface area contributed by atoms with Gasteiger partial charge >= 0.3 is 0 Å². The molecule has 2 aromatic carbocycles. The van der Waals surface area contributed by atoms with Crippen LogP contribution in [0, 0.1) is 19.8 Å². The van der Waals surface area contributed by atoms with Crippen LogP contribution in [0.3, 0.4) is 0 Å². The van der Waals surface area contributed by atoms with Crippen LogP contribution in [-0.2, 0) is 19.7 Å². The van der Waals surface area contributed by atoms with Crippen LogP contribution in [0.5, 0.6) is 0 Å². The van der Waals surface area contributed by atoms with E-state index >= 15 is 0 Å². The molecule has 1 aliphatic carbocycles. The van der Waals surface area contributed by atoms with Crippen molar-refractivity contribution >= 4 is 19.7 Å². The molecule has 0 radical (unpaired) electrons. The second kappa shape index (κ2) is 8.16. The molecule has 0 N–H and O–H groups in total. The van der Waals surface area contributed by atoms with Gasteiger partial charge in [0.1, 0.15) is 4.75 Å². The minimum Gasteiger partial charge on any atom is -0.223 e. The van der Waals surface area contributed by atoms with Crippen molar-refractivity contribution in [2.24, 2.45) is 5.92 Å². The van der Waals surface area contributed by atoms with E-state index in [1.807, 2.05) is 13.8 Å². The second-order valence-corrected chi connectivity index (χ2v) is 12.3. The first kappa shape index (κ1) is 22.5. The number of allylic oxidation sites excluding steroid dienone is 3. The van der Waals surface area contributed by atoms with Crippen molar-refractivity contribution in [1.82, 2.24) is 0 Å². The zero-order chi connectivity index (χ0) is 22.2. The Kier molecular flexibility index (Phi) is 6.12. The molecule has 0 unspecified atom stereocenters. The monoisotopic (exact) mass is 444 g/mol. The van der Waals surface area contributed by atoms with Crippen molar-refractivity contribution in [2.45, 2.75) is 55.1 Å². The van der Waals surface area contributed by atoms with Crippen LogP contribution in [0.15, 0.2) is 81.5 Å². The van der Waals surface area contributed by atoms with Gasteiger partial charge in [-0.3, -0.25) is 0 Å². The summed E-state index contributed by atoms with van der Waals surface area (Å²) in [7, 11) is -7.37. The fraction of sp³-hybridized carbons (Fsp3) is 0.333. The molecule has 0 spiro atoms. The summed E-state index contributed by atoms with van der Waals surface area (Å²) in [5.41, 5.74) is 1.97. The normalized spacial score (nSPS) is 22.8. The zero-order valence-corrected chi connectivity index (χ0v) is 19.4. The third kappa shape index (κ3) is 3.79. The van der Waals surface area contributed by atoms with Gasteiger partial charge in [-0.25, -0.2) is 16.8 Å². The van der Waals surface area contributed by atoms with Gasteiger partial charge in [-0.15, -0.1) is 0 Å². The first-order valence-corrected chi connectivity index (χ1v) is 13.0. The summed E-state index contributed by atoms with van der Waals surface area (Å²) in [6.07, 6.45) is 5.49. The lowest BCUT2D eigenvalue weighted by Gasteiger charge is -2.38. The Hall–Kier alpha value is -2.18. The fourth-order valence-corrected chi connectivity index (χ4v) is 7.79. The highest BCUT2D eigenvalue weighted by molar-refractivity contribution is 7.95. The number of sulfone groups is 2. The van der Waals surface area contributed by atoms with Gasteiger partial charge in [0.15, 0.2) is 9.84 Å². The number of benzene rings is 2. The van der Waals surface area contributed by atoms with E-state index in [1.165, 1.54) is 0 Å². The summed E-state index contributed by atoms with van der Waals surface area (Å²) < 4.78 is 52.4. The number of aryl methyl sites for hydroxylation is 2. The number of hydrogen-bond acceptors (Lipinski definition) is 4. The van der Waals surface area contributed by atoms with Crippen LogP contribution in [0.2, 0.25) is 0 Å². The molecule has 4 nitrogen and oxygen atoms in total. The largest absolute Gasteiger partial charge is 0.223 e. The molecule has 3 rings (SSSR count). The standard InChI is InChI=1S/C24H28O4S2/c1-5-15-24(30(27,28)22-12-8-19(3)9-13-22)16-14-23(17-20(24)4)29(25,26)21-10-6-18(2)7-11-21/h5-13,15,17,20H,14,16H2,1-4H3/b15-5+/t20-,24-/m1/s1. The smallest absolute Gasteiger partial charge is 0.202 e. The summed E-state index contributed by atoms with van der Waals surface area (Å²) >= 11 is 0. The average molecular weight is 445 g/mol. The van der Waals surface area contributed by atoms with Gasteiger partial charge in [0, 0.05) is 4.91 Å². The van der Waals surface area contributed by atoms with Crippen LogP contribution in [-0.4, -0.2) is 21.6 Å². The molecule has 2 aromatic rings. The summed E-state index contributed by atoms with van der Waals surface area (Å²) in [5.74, 6) is -0.496. The van der Waals surface area contributed by atoms with Crippen molar-refractivity contribution in [3.8, 4) is 0 Å². The first-order chi connectivity index (χ1) is 14.0. The lowest BCUT2D eigenvalue weighted by Crippen LogP contribution is -2.44. The summed E-state index contributed by atoms with van der Waals surface area (Å²) in [6.45, 7) is 7.39. The quantitative estimate of drug-likeness (QED) is 0.596. The second-order valence-electron chi connectivity index (χ2n) is 8.01. The Bertz CT molecular complexity index is 1190. The van der Waals surface area contributed by atoms with Crippen LogP contribution >= 0.6 is 0 Å². The van der Waals surface area contributed by atoms with Crippen LogP contribution in [0.4, 0.5) is 0 Å². The lowest BCUT2D eigenvalue weighted by molar-refractivity contribution is 0.451. The zero-order valence-electron chi connectivity index (χ0n) is 17.8. The molecule has 2 atom stereocenters. The van der Waals surface area contributed by atoms with Gasteiger partial charge in [-0.05, 0) is 63.8 Å². The third-order valence-corrected chi connectivity index (χ3v) is 10.5. The van der Waals surface area contributed by atoms with Crippen molar-refractivity contribution in [3.05, 3.63) is 82.8 Å². The molecular weight excluding hydrogens is 416 g/mol. The Balaban J connectivity index is 2.07. The maximum absolute atomic E-state index is 13.7. The minimum absolute atomic E-state index is 0.177. The molecule has 0 heterocycles. The third-order valence-electron chi connectivity index (χ3n) is 5.93. The van der Waals surface area contributed by atoms with E-state index < -0.39 is 30.3 Å². The summed E-state index contributed by atoms with van der Waals surface area (Å²) in [6, 6.07) is 13.6. The van der Waals surface area contributed by atoms with Gasteiger partial charge in [0.2, 0.25) is 9.84 Å². The lowest BCUT2D eigenvalue weighted by atomic mass is 9.84. The number of hydrogen-bond donors (Lipinski definition) is 0. The molecule has 1 aliphatic rings. The Morgan fingerprint density at radius 2 is 1.37 bits per heavy atom. The van der Waals surface area contributed by atoms with Crippen molar-refractivity contribution in [3.63, 3.8) is 0 Å². The van der Waals surface area contributed by atoms with Crippen LogP contribution in [0.25, 0.3) is 0 Å². The molecular formula is C24H28O4S2. The summed E-state index contributed by atoms with van der Waals surface area (Å²) in [4.78, 5) is 0.792. The SMILES string of the molecule is C/C=C/[C@@]1(S(=O)(=O)c2ccc(C)cc2)CCC(S(=O)(=O)c2ccc(C)cc2)=C[C@H]1C. The Morgan fingerprint density at radius 3 is 1.83 bits per heavy atom. The molecule has 0 aliphatic heterocycles. The van der Waals surface area contributed by atoms with E-state index in [-0.39, 0.29) is 27.5 Å². The Labute approximate surface area is 180 Å². The van der Waals surface area contributed by atoms with E-state index in [4.69, 9.17) is 0 Å². The van der Waals surface area contributed by atoms with Crippen LogP contribution < -0.4 is 0 Å². The molecule has 0 saturated carbocycles. The fourth-order valence-electron chi connectivity index (χ4n) is 4.06. The highest BCUT2D eigenvalue weighted by Crippen LogP contribution is 2.45. The van der Waals surface area contributed by atoms with Gasteiger partial charge in [0.25, 0.3) is 0 Å². The van der Waals surface area contributed by atoms with Gasteiger partial charge < -0.3 is 0 Å². The molecule has 0 aromatic heterocycles. The van der Waals surface area contributed by atoms with E-state index in [9.17, 15) is 16.8 Å². The molecule has 0 fully saturated rings. The maximum atomic E-state index is 13.7. The van der Waals surface area contributed by atoms with E-state index in [0.29, 0.717) is 0 Å². The minimum atomic E-state index is -3.72. The van der Waals surface area contributed by atoms with E-state index in [0.717, 1.165) is 11.1 Å². The molecule has 6 heteroatoms. The topological polar surface area (TPSA) is 68.3 Å². The molecule has 30 heavy (non-hydrogen) atoms. The Morgan fingerprint density at radius 1 is 0.867 bits per heavy atom. The van der Waals surface area contributed by atoms with E-state index in [2.05, 4.69) is 0 Å². The highest BCUT2D eigenvalue weighted by atomic mass is 32.2. The maximum Gasteiger partial charge on any atom is 0.202 e. The van der Waals surface area contributed by atoms with Gasteiger partial charge in [-0.1, -0.05) is 60.5 Å². The van der Waals surface area contributed by atoms with Crippen molar-refractivity contribution in [2.75, 3.05) is 0 Å². The van der Waals surface area contributed by atoms with Crippen molar-refractivity contribution in [1.29, 1.82) is 0 Å². The van der Waals surface area contributed by atoms with Crippen LogP contribution in [0.1, 0.15) is 37.8 Å². The predicted molar refractivity (Wildman–Crippen MR) is 121 cm³/mol. The van der Waals surface area contributed by atoms with Crippen molar-refractivity contribution < 1.29 is 16.8 Å². The van der Waals surface area contributed by atoms with Gasteiger partial charge in [0.05, 0.1) is 9.79 Å². The highest BCUT2D eigenvalue weighted by Gasteiger charge is 2.49. The molecule has 0 amide bonds. The average Bonchev–Trinajstić information content (AvgIpc) is 2.70. The number of rotatable bonds is 5. The first-order valence-electron chi connectivity index (χ1n) is 10.0. The molecule has 0 bridgehead atoms. The molecule has 160 valence electrons. The summed E-state index contributed by atoms with van der Waals surface area (Å²) in [5, 5.41) is 0. The molecule has 0 saturated heterocycles.